The van der Waals surface area contributed by atoms with E-state index in [9.17, 15) is 23.6 Å². The SMILES string of the molecule is CN(C)/C=C/c1cc2n(c(=O)c1C#N)CC=C2.CN(C)CCc1cc2n(c(=O)c1C#N)CC=C2.CN(C)CCc1cc2n(c(=O)c1CN)CCC2.CO.COC(OC)N(C)C.Cc1cc(C)n(N)c(=O)c1C#N.[2H]CF. The van der Waals surface area contributed by atoms with Crippen molar-refractivity contribution in [2.75, 3.05) is 104 Å². The number of aromatic nitrogens is 4. The molecule has 4 aromatic heterocycles. The largest absolute Gasteiger partial charge is 0.400 e. The van der Waals surface area contributed by atoms with Crippen molar-refractivity contribution in [3.8, 4) is 18.2 Å². The van der Waals surface area contributed by atoms with Crippen LogP contribution in [0.1, 0.15) is 75.1 Å². The zero-order valence-electron chi connectivity index (χ0n) is 47.0. The molecular formula is C54H78FN13O7. The number of aryl methyl sites for hydroxylation is 3. The molecule has 3 aliphatic rings. The average molecular weight is 1040 g/mol. The molecule has 0 unspecified atom stereocenters. The van der Waals surface area contributed by atoms with Crippen molar-refractivity contribution in [2.24, 2.45) is 5.73 Å². The number of pyridine rings is 4. The van der Waals surface area contributed by atoms with Gasteiger partial charge in [-0.1, -0.05) is 12.2 Å². The number of nitrogens with zero attached hydrogens (tertiary/aromatic N) is 11. The van der Waals surface area contributed by atoms with Gasteiger partial charge in [0.25, 0.3) is 22.2 Å². The maximum Gasteiger partial charge on any atom is 0.287 e. The summed E-state index contributed by atoms with van der Waals surface area (Å²) in [5.74, 6) is 5.38. The van der Waals surface area contributed by atoms with Crippen LogP contribution in [0.25, 0.3) is 18.2 Å². The molecular weight excluding hydrogens is 962 g/mol. The Balaban J connectivity index is 0.000000474. The van der Waals surface area contributed by atoms with Crippen LogP contribution in [-0.4, -0.2) is 147 Å². The van der Waals surface area contributed by atoms with Crippen LogP contribution >= 0.6 is 0 Å². The predicted molar refractivity (Wildman–Crippen MR) is 295 cm³/mol. The number of hydrogen-bond acceptors (Lipinski definition) is 16. The molecule has 0 aliphatic carbocycles. The highest BCUT2D eigenvalue weighted by Gasteiger charge is 2.19. The molecule has 21 heteroatoms. The highest BCUT2D eigenvalue weighted by molar-refractivity contribution is 5.62. The summed E-state index contributed by atoms with van der Waals surface area (Å²) in [6.45, 7) is 7.56. The molecule has 0 saturated carbocycles. The third kappa shape index (κ3) is 18.9. The molecule has 7 heterocycles. The molecule has 0 bridgehead atoms. The van der Waals surface area contributed by atoms with E-state index in [2.05, 4.69) is 11.0 Å². The van der Waals surface area contributed by atoms with Crippen LogP contribution in [0.4, 0.5) is 4.39 Å². The van der Waals surface area contributed by atoms with E-state index in [1.165, 1.54) is 5.69 Å². The molecule has 408 valence electrons. The molecule has 0 spiro atoms. The first-order valence-electron chi connectivity index (χ1n) is 24.5. The van der Waals surface area contributed by atoms with Gasteiger partial charge in [-0.15, -0.1) is 0 Å². The zero-order chi connectivity index (χ0) is 57.8. The fourth-order valence-corrected chi connectivity index (χ4v) is 7.76. The minimum Gasteiger partial charge on any atom is -0.400 e. The summed E-state index contributed by atoms with van der Waals surface area (Å²) in [6, 6.07) is 13.5. The third-order valence-electron chi connectivity index (χ3n) is 11.5. The van der Waals surface area contributed by atoms with Gasteiger partial charge in [0.2, 0.25) is 6.41 Å². The van der Waals surface area contributed by atoms with Crippen molar-refractivity contribution in [2.45, 2.75) is 72.1 Å². The van der Waals surface area contributed by atoms with E-state index >= 15 is 0 Å². The number of alkyl halides is 1. The number of aliphatic hydroxyl groups excluding tert-OH is 1. The van der Waals surface area contributed by atoms with Crippen molar-refractivity contribution in [1.82, 2.24) is 38.0 Å². The van der Waals surface area contributed by atoms with E-state index < -0.39 is 12.7 Å². The maximum atomic E-state index is 12.2. The number of aliphatic hydroxyl groups is 1. The van der Waals surface area contributed by atoms with Gasteiger partial charge in [0.05, 0.1) is 8.52 Å². The summed E-state index contributed by atoms with van der Waals surface area (Å²) >= 11 is 0. The minimum atomic E-state index is -1.00. The number of likely N-dealkylation sites (N-methyl/N-ethyl adjacent to an activating group) is 2. The summed E-state index contributed by atoms with van der Waals surface area (Å²) in [6.07, 6.45) is 14.8. The van der Waals surface area contributed by atoms with E-state index in [-0.39, 0.29) is 34.2 Å². The molecule has 0 saturated heterocycles. The molecule has 0 fully saturated rings. The highest BCUT2D eigenvalue weighted by atomic mass is 19.1. The van der Waals surface area contributed by atoms with E-state index in [0.29, 0.717) is 42.0 Å². The van der Waals surface area contributed by atoms with Gasteiger partial charge < -0.3 is 54.6 Å². The summed E-state index contributed by atoms with van der Waals surface area (Å²) in [5, 5.41) is 33.8. The summed E-state index contributed by atoms with van der Waals surface area (Å²) < 4.78 is 31.3. The Labute approximate surface area is 442 Å². The van der Waals surface area contributed by atoms with Crippen LogP contribution in [0, 0.1) is 47.8 Å². The number of halogens is 1. The molecule has 0 aromatic carbocycles. The molecule has 0 radical (unpaired) electrons. The normalized spacial score (nSPS) is 12.1. The van der Waals surface area contributed by atoms with Gasteiger partial charge in [0.1, 0.15) is 34.9 Å². The number of nitrogens with two attached hydrogens (primary N) is 2. The Hall–Kier alpha value is -7.26. The maximum absolute atomic E-state index is 12.2. The number of fused-ring (bicyclic) bond motifs is 3. The van der Waals surface area contributed by atoms with E-state index in [1.807, 2.05) is 136 Å². The lowest BCUT2D eigenvalue weighted by molar-refractivity contribution is -0.179. The lowest BCUT2D eigenvalue weighted by Crippen LogP contribution is -2.31. The second-order valence-electron chi connectivity index (χ2n) is 17.9. The van der Waals surface area contributed by atoms with Crippen LogP contribution in [0.2, 0.25) is 0 Å². The van der Waals surface area contributed by atoms with Gasteiger partial charge >= 0.3 is 0 Å². The fourth-order valence-electron chi connectivity index (χ4n) is 7.76. The minimum absolute atomic E-state index is 0.114. The predicted octanol–water partition coefficient (Wildman–Crippen LogP) is 2.86. The standard InChI is InChI=1S/C13H21N3O.C13H15N3O.C13H13N3O.C8H9N3O.C5H13NO2.CH3F.CH4O/c3*1-15(2)7-5-10-8-11-4-3-6-16(11)13(17)12(10)9-14;1-5-3-6(2)11(10)8(12)7(5)4-9;1-6(2)5(7-3)8-4;2*1-2/h8H,3-7,9,14H2,1-2H3;3-4,8H,5-7H2,1-2H3;3-5,7-8H,6H2,1-2H3;3H,10H2,1-2H3;5H,1-4H3;1H3;2H,1H3/b;;7-5+;;;;/i;;;;;1D;. The summed E-state index contributed by atoms with van der Waals surface area (Å²) in [4.78, 5) is 55.4. The number of ether oxygens (including phenoxy) is 2. The third-order valence-corrected chi connectivity index (χ3v) is 11.5. The molecule has 5 N–H and O–H groups in total. The number of hydrogen-bond donors (Lipinski definition) is 3. The van der Waals surface area contributed by atoms with Crippen molar-refractivity contribution in [3.63, 3.8) is 0 Å². The van der Waals surface area contributed by atoms with Crippen molar-refractivity contribution >= 4 is 18.2 Å². The first-order chi connectivity index (χ1) is 36.1. The number of nitrogen functional groups attached to an aromatic ring is 1. The summed E-state index contributed by atoms with van der Waals surface area (Å²) in [5.41, 5.74) is 13.4. The lowest BCUT2D eigenvalue weighted by Gasteiger charge is -2.19. The highest BCUT2D eigenvalue weighted by Crippen LogP contribution is 2.18. The second kappa shape index (κ2) is 33.5. The van der Waals surface area contributed by atoms with Crippen molar-refractivity contribution in [1.29, 1.82) is 15.8 Å². The van der Waals surface area contributed by atoms with Crippen LogP contribution in [0.3, 0.4) is 0 Å². The molecule has 4 aromatic rings. The van der Waals surface area contributed by atoms with Gasteiger partial charge in [-0.25, -0.2) is 4.68 Å². The van der Waals surface area contributed by atoms with Gasteiger partial charge in [0, 0.05) is 109 Å². The molecule has 3 aliphatic heterocycles. The number of rotatable bonds is 12. The lowest BCUT2D eigenvalue weighted by atomic mass is 10.0. The fraction of sp³-hybridized carbons (Fsp3) is 0.463. The average Bonchev–Trinajstić information content (AvgIpc) is 4.19. The van der Waals surface area contributed by atoms with Gasteiger partial charge in [0.15, 0.2) is 0 Å². The van der Waals surface area contributed by atoms with Crippen LogP contribution in [0.15, 0.2) is 61.8 Å². The molecule has 7 rings (SSSR count). The van der Waals surface area contributed by atoms with E-state index in [1.54, 1.807) is 49.3 Å². The molecule has 0 amide bonds. The van der Waals surface area contributed by atoms with Crippen LogP contribution in [0.5, 0.6) is 0 Å². The Morgan fingerprint density at radius 2 is 1.27 bits per heavy atom. The van der Waals surface area contributed by atoms with Crippen molar-refractivity contribution < 1.29 is 20.3 Å². The Morgan fingerprint density at radius 1 is 0.760 bits per heavy atom. The Bertz CT molecular complexity index is 2980. The van der Waals surface area contributed by atoms with E-state index in [4.69, 9.17) is 43.3 Å². The monoisotopic (exact) mass is 1040 g/mol. The van der Waals surface area contributed by atoms with Gasteiger partial charge in [-0.05, 0) is 147 Å². The van der Waals surface area contributed by atoms with Crippen LogP contribution in [-0.2, 0) is 54.9 Å². The first-order valence-corrected chi connectivity index (χ1v) is 23.8. The smallest absolute Gasteiger partial charge is 0.287 e. The first kappa shape index (κ1) is 63.9. The topological polar surface area (TPSA) is 263 Å². The van der Waals surface area contributed by atoms with Crippen LogP contribution < -0.4 is 33.8 Å². The van der Waals surface area contributed by atoms with Gasteiger partial charge in [-0.2, -0.15) is 15.8 Å². The number of allylic oxidation sites excluding steroid dienone is 2. The number of methoxy groups -OCH3 is 2. The molecule has 0 atom stereocenters. The Morgan fingerprint density at radius 3 is 1.72 bits per heavy atom. The molecule has 75 heavy (non-hydrogen) atoms. The van der Waals surface area contributed by atoms with E-state index in [0.717, 1.165) is 85.2 Å². The Kier molecular flexibility index (Phi) is 28.6. The number of nitriles is 3. The second-order valence-corrected chi connectivity index (χ2v) is 17.9. The van der Waals surface area contributed by atoms with Gasteiger partial charge in [-0.3, -0.25) is 28.5 Å². The zero-order valence-corrected chi connectivity index (χ0v) is 46.0. The quantitative estimate of drug-likeness (QED) is 0.136. The van der Waals surface area contributed by atoms with Crippen molar-refractivity contribution in [3.05, 3.63) is 151 Å². The summed E-state index contributed by atoms with van der Waals surface area (Å²) in [7, 11) is 18.8. The molecule has 20 nitrogen and oxygen atoms in total.